The Balaban J connectivity index is 1.98. The van der Waals surface area contributed by atoms with Gasteiger partial charge >= 0.3 is 0 Å². The van der Waals surface area contributed by atoms with E-state index in [4.69, 9.17) is 5.73 Å². The molecule has 0 saturated carbocycles. The normalized spacial score (nSPS) is 21.0. The summed E-state index contributed by atoms with van der Waals surface area (Å²) in [4.78, 5) is 2.58. The zero-order valence-electron chi connectivity index (χ0n) is 13.0. The summed E-state index contributed by atoms with van der Waals surface area (Å²) in [5, 5.41) is 0. The van der Waals surface area contributed by atoms with Crippen molar-refractivity contribution in [3.63, 3.8) is 0 Å². The monoisotopic (exact) mass is 323 g/mol. The van der Waals surface area contributed by atoms with Crippen molar-refractivity contribution in [2.45, 2.75) is 43.4 Å². The van der Waals surface area contributed by atoms with Crippen LogP contribution in [0.15, 0.2) is 23.1 Å². The first kappa shape index (κ1) is 15.6. The molecule has 0 amide bonds. The molecular weight excluding hydrogens is 298 g/mol. The predicted octanol–water partition coefficient (Wildman–Crippen LogP) is 2.43. The molecule has 0 aromatic heterocycles. The number of sulfonamides is 1. The fraction of sp³-hybridized carbons (Fsp3) is 0.625. The minimum atomic E-state index is -3.45. The van der Waals surface area contributed by atoms with E-state index in [0.29, 0.717) is 23.7 Å². The Labute approximate surface area is 133 Å². The molecule has 2 N–H and O–H groups in total. The van der Waals surface area contributed by atoms with E-state index < -0.39 is 10.0 Å². The lowest BCUT2D eigenvalue weighted by Crippen LogP contribution is -2.37. The van der Waals surface area contributed by atoms with Gasteiger partial charge in [0.2, 0.25) is 10.0 Å². The Morgan fingerprint density at radius 2 is 1.45 bits per heavy atom. The van der Waals surface area contributed by atoms with Crippen molar-refractivity contribution in [3.05, 3.63) is 18.2 Å². The summed E-state index contributed by atoms with van der Waals surface area (Å²) in [6, 6.07) is 5.31. The molecule has 2 aliphatic heterocycles. The number of anilines is 2. The first-order chi connectivity index (χ1) is 10.6. The molecule has 2 aliphatic rings. The second kappa shape index (κ2) is 6.46. The summed E-state index contributed by atoms with van der Waals surface area (Å²) in [6.07, 6.45) is 6.46. The van der Waals surface area contributed by atoms with Crippen LogP contribution in [-0.2, 0) is 10.0 Å². The lowest BCUT2D eigenvalue weighted by Gasteiger charge is -2.32. The second-order valence-electron chi connectivity index (χ2n) is 6.24. The summed E-state index contributed by atoms with van der Waals surface area (Å²) in [6.45, 7) is 3.09. The highest BCUT2D eigenvalue weighted by molar-refractivity contribution is 7.89. The third-order valence-electron chi connectivity index (χ3n) is 4.61. The number of rotatable bonds is 3. The van der Waals surface area contributed by atoms with Gasteiger partial charge in [0.1, 0.15) is 4.90 Å². The molecule has 1 aromatic carbocycles. The van der Waals surface area contributed by atoms with Gasteiger partial charge in [-0.05, 0) is 50.3 Å². The van der Waals surface area contributed by atoms with Crippen molar-refractivity contribution in [1.29, 1.82) is 0 Å². The van der Waals surface area contributed by atoms with E-state index in [1.807, 2.05) is 6.07 Å². The van der Waals surface area contributed by atoms with Crippen molar-refractivity contribution in [2.24, 2.45) is 0 Å². The topological polar surface area (TPSA) is 66.6 Å². The van der Waals surface area contributed by atoms with E-state index in [1.54, 1.807) is 16.4 Å². The summed E-state index contributed by atoms with van der Waals surface area (Å²) < 4.78 is 27.7. The number of nitrogens with zero attached hydrogens (tertiary/aromatic N) is 2. The van der Waals surface area contributed by atoms with Crippen molar-refractivity contribution >= 4 is 21.4 Å². The first-order valence-corrected chi connectivity index (χ1v) is 9.68. The van der Waals surface area contributed by atoms with Crippen molar-refractivity contribution in [1.82, 2.24) is 4.31 Å². The van der Waals surface area contributed by atoms with E-state index in [2.05, 4.69) is 4.90 Å². The molecule has 0 atom stereocenters. The summed E-state index contributed by atoms with van der Waals surface area (Å²) >= 11 is 0. The van der Waals surface area contributed by atoms with Crippen LogP contribution in [0, 0.1) is 0 Å². The van der Waals surface area contributed by atoms with Gasteiger partial charge in [0.25, 0.3) is 0 Å². The Bertz CT molecular complexity index is 618. The molecule has 122 valence electrons. The number of piperidine rings is 2. The Hall–Kier alpha value is -1.27. The molecule has 3 rings (SSSR count). The minimum Gasteiger partial charge on any atom is -0.399 e. The molecule has 5 nitrogen and oxygen atoms in total. The maximum atomic E-state index is 13.0. The fourth-order valence-electron chi connectivity index (χ4n) is 3.38. The molecule has 6 heteroatoms. The molecule has 2 heterocycles. The van der Waals surface area contributed by atoms with Gasteiger partial charge in [-0.15, -0.1) is 0 Å². The average molecular weight is 323 g/mol. The number of nitrogens with two attached hydrogens (primary N) is 1. The largest absolute Gasteiger partial charge is 0.399 e. The number of hydrogen-bond donors (Lipinski definition) is 1. The molecule has 0 unspecified atom stereocenters. The van der Waals surface area contributed by atoms with Crippen LogP contribution in [0.4, 0.5) is 11.4 Å². The van der Waals surface area contributed by atoms with Crippen LogP contribution in [0.5, 0.6) is 0 Å². The van der Waals surface area contributed by atoms with Gasteiger partial charge in [-0.2, -0.15) is 4.31 Å². The molecular formula is C16H25N3O2S. The predicted molar refractivity (Wildman–Crippen MR) is 89.5 cm³/mol. The molecule has 1 aromatic rings. The molecule has 0 bridgehead atoms. The van der Waals surface area contributed by atoms with Gasteiger partial charge < -0.3 is 10.6 Å². The molecule has 0 spiro atoms. The maximum Gasteiger partial charge on any atom is 0.245 e. The van der Waals surface area contributed by atoms with Crippen molar-refractivity contribution in [2.75, 3.05) is 36.8 Å². The molecule has 0 radical (unpaired) electrons. The van der Waals surface area contributed by atoms with Gasteiger partial charge in [-0.3, -0.25) is 0 Å². The van der Waals surface area contributed by atoms with Crippen LogP contribution in [0.3, 0.4) is 0 Å². The van der Waals surface area contributed by atoms with Gasteiger partial charge in [-0.25, -0.2) is 8.42 Å². The smallest absolute Gasteiger partial charge is 0.245 e. The Kier molecular flexibility index (Phi) is 4.59. The zero-order chi connectivity index (χ0) is 15.6. The fourth-order valence-corrected chi connectivity index (χ4v) is 5.14. The minimum absolute atomic E-state index is 0.385. The SMILES string of the molecule is Nc1ccc(N2CCCCC2)c(S(=O)(=O)N2CCCCC2)c1. The highest BCUT2D eigenvalue weighted by Gasteiger charge is 2.30. The molecule has 2 fully saturated rings. The van der Waals surface area contributed by atoms with Crippen LogP contribution in [0.25, 0.3) is 0 Å². The van der Waals surface area contributed by atoms with Gasteiger partial charge in [0, 0.05) is 31.9 Å². The van der Waals surface area contributed by atoms with E-state index in [9.17, 15) is 8.42 Å². The summed E-state index contributed by atoms with van der Waals surface area (Å²) in [5.41, 5.74) is 7.21. The zero-order valence-corrected chi connectivity index (χ0v) is 13.8. The maximum absolute atomic E-state index is 13.0. The van der Waals surface area contributed by atoms with Crippen molar-refractivity contribution in [3.8, 4) is 0 Å². The average Bonchev–Trinajstić information content (AvgIpc) is 2.56. The summed E-state index contributed by atoms with van der Waals surface area (Å²) in [7, 11) is -3.45. The van der Waals surface area contributed by atoms with E-state index in [-0.39, 0.29) is 0 Å². The standard InChI is InChI=1S/C16H25N3O2S/c17-14-7-8-15(18-9-3-1-4-10-18)16(13-14)22(20,21)19-11-5-2-6-12-19/h7-8,13H,1-6,9-12,17H2. The van der Waals surface area contributed by atoms with Crippen LogP contribution < -0.4 is 10.6 Å². The molecule has 0 aliphatic carbocycles. The summed E-state index contributed by atoms with van der Waals surface area (Å²) in [5.74, 6) is 0. The van der Waals surface area contributed by atoms with Crippen molar-refractivity contribution < 1.29 is 8.42 Å². The highest BCUT2D eigenvalue weighted by atomic mass is 32.2. The second-order valence-corrected chi connectivity index (χ2v) is 8.15. The molecule has 22 heavy (non-hydrogen) atoms. The van der Waals surface area contributed by atoms with E-state index in [0.717, 1.165) is 50.9 Å². The highest BCUT2D eigenvalue weighted by Crippen LogP contribution is 2.32. The quantitative estimate of drug-likeness (QED) is 0.868. The third-order valence-corrected chi connectivity index (χ3v) is 6.54. The number of hydrogen-bond acceptors (Lipinski definition) is 4. The van der Waals surface area contributed by atoms with Gasteiger partial charge in [-0.1, -0.05) is 6.42 Å². The lowest BCUT2D eigenvalue weighted by atomic mass is 10.1. The Morgan fingerprint density at radius 3 is 2.09 bits per heavy atom. The van der Waals surface area contributed by atoms with E-state index in [1.165, 1.54) is 6.42 Å². The lowest BCUT2D eigenvalue weighted by molar-refractivity contribution is 0.346. The number of nitrogen functional groups attached to an aromatic ring is 1. The third kappa shape index (κ3) is 3.08. The van der Waals surface area contributed by atoms with Crippen LogP contribution in [0.1, 0.15) is 38.5 Å². The van der Waals surface area contributed by atoms with E-state index >= 15 is 0 Å². The Morgan fingerprint density at radius 1 is 0.864 bits per heavy atom. The van der Waals surface area contributed by atoms with Crippen LogP contribution >= 0.6 is 0 Å². The first-order valence-electron chi connectivity index (χ1n) is 8.24. The van der Waals surface area contributed by atoms with Gasteiger partial charge in [0.05, 0.1) is 5.69 Å². The molecule has 2 saturated heterocycles. The number of benzene rings is 1. The van der Waals surface area contributed by atoms with Crippen LogP contribution in [-0.4, -0.2) is 38.9 Å². The van der Waals surface area contributed by atoms with Crippen LogP contribution in [0.2, 0.25) is 0 Å². The van der Waals surface area contributed by atoms with Gasteiger partial charge in [0.15, 0.2) is 0 Å².